The molecule has 2 rings (SSSR count). The van der Waals surface area contributed by atoms with E-state index in [4.69, 9.17) is 0 Å². The molecule has 0 bridgehead atoms. The van der Waals surface area contributed by atoms with Crippen molar-refractivity contribution in [3.05, 3.63) is 24.4 Å². The van der Waals surface area contributed by atoms with Crippen molar-refractivity contribution in [3.63, 3.8) is 0 Å². The van der Waals surface area contributed by atoms with Gasteiger partial charge in [0.2, 0.25) is 10.4 Å². The van der Waals surface area contributed by atoms with Gasteiger partial charge >= 0.3 is 0 Å². The summed E-state index contributed by atoms with van der Waals surface area (Å²) in [5.41, 5.74) is 0. The molecule has 1 aromatic rings. The molecule has 0 N–H and O–H groups in total. The first-order valence-corrected chi connectivity index (χ1v) is 6.73. The van der Waals surface area contributed by atoms with Crippen LogP contribution < -0.4 is 4.57 Å². The lowest BCUT2D eigenvalue weighted by atomic mass is 10.3. The van der Waals surface area contributed by atoms with Crippen LogP contribution in [0.5, 0.6) is 0 Å². The molecule has 0 spiro atoms. The highest BCUT2D eigenvalue weighted by Crippen LogP contribution is 2.39. The molecule has 0 aromatic carbocycles. The Morgan fingerprint density at radius 2 is 2.21 bits per heavy atom. The highest BCUT2D eigenvalue weighted by molar-refractivity contribution is 8.03. The lowest BCUT2D eigenvalue weighted by molar-refractivity contribution is -0.726. The third-order valence-corrected chi connectivity index (χ3v) is 4.73. The lowest BCUT2D eigenvalue weighted by Crippen LogP contribution is -2.37. The molecule has 1 aromatic heterocycles. The van der Waals surface area contributed by atoms with Gasteiger partial charge in [-0.3, -0.25) is 0 Å². The molecule has 14 heavy (non-hydrogen) atoms. The number of pyridine rings is 1. The summed E-state index contributed by atoms with van der Waals surface area (Å²) in [6.07, 6.45) is 2.19. The second-order valence-electron chi connectivity index (χ2n) is 4.44. The zero-order chi connectivity index (χ0) is 10.2. The van der Waals surface area contributed by atoms with Gasteiger partial charge in [-0.15, -0.1) is 0 Å². The molecule has 3 heteroatoms. The second-order valence-corrected chi connectivity index (χ2v) is 7.49. The lowest BCUT2D eigenvalue weighted by Gasteiger charge is -2.18. The Hall–Kier alpha value is -0.150. The SMILES string of the molecule is CC(C)(C)SC1CSc2cccc[n+]21. The van der Waals surface area contributed by atoms with Crippen LogP contribution in [0.1, 0.15) is 26.1 Å². The predicted molar refractivity (Wildman–Crippen MR) is 63.7 cm³/mol. The van der Waals surface area contributed by atoms with E-state index in [2.05, 4.69) is 49.7 Å². The molecule has 0 fully saturated rings. The Morgan fingerprint density at radius 3 is 2.93 bits per heavy atom. The van der Waals surface area contributed by atoms with Crippen LogP contribution in [0.3, 0.4) is 0 Å². The van der Waals surface area contributed by atoms with Crippen molar-refractivity contribution in [2.75, 3.05) is 5.75 Å². The second kappa shape index (κ2) is 3.78. The first-order chi connectivity index (χ1) is 6.56. The highest BCUT2D eigenvalue weighted by atomic mass is 32.2. The van der Waals surface area contributed by atoms with Gasteiger partial charge in [-0.2, -0.15) is 4.57 Å². The van der Waals surface area contributed by atoms with Gasteiger partial charge in [0.1, 0.15) is 0 Å². The number of fused-ring (bicyclic) bond motifs is 1. The van der Waals surface area contributed by atoms with Crippen molar-refractivity contribution in [2.45, 2.75) is 35.9 Å². The van der Waals surface area contributed by atoms with Gasteiger partial charge in [0.25, 0.3) is 0 Å². The molecular formula is C11H16NS2+. The Kier molecular flexibility index (Phi) is 2.80. The summed E-state index contributed by atoms with van der Waals surface area (Å²) >= 11 is 4.01. The van der Waals surface area contributed by atoms with Crippen LogP contribution in [0.4, 0.5) is 0 Å². The van der Waals surface area contributed by atoms with E-state index in [1.807, 2.05) is 23.5 Å². The smallest absolute Gasteiger partial charge is 0.180 e. The van der Waals surface area contributed by atoms with Crippen LogP contribution in [-0.4, -0.2) is 10.5 Å². The van der Waals surface area contributed by atoms with Gasteiger partial charge in [0.05, 0.1) is 5.75 Å². The first kappa shape index (κ1) is 10.4. The zero-order valence-corrected chi connectivity index (χ0v) is 10.5. The topological polar surface area (TPSA) is 3.88 Å². The number of thioether (sulfide) groups is 2. The van der Waals surface area contributed by atoms with Crippen molar-refractivity contribution >= 4 is 23.5 Å². The molecule has 1 atom stereocenters. The maximum absolute atomic E-state index is 2.39. The molecule has 0 aliphatic carbocycles. The molecule has 1 aliphatic rings. The van der Waals surface area contributed by atoms with E-state index in [9.17, 15) is 0 Å². The Labute approximate surface area is 94.3 Å². The van der Waals surface area contributed by atoms with Gasteiger partial charge in [0, 0.05) is 16.9 Å². The molecule has 1 unspecified atom stereocenters. The van der Waals surface area contributed by atoms with Crippen molar-refractivity contribution in [1.29, 1.82) is 0 Å². The monoisotopic (exact) mass is 226 g/mol. The summed E-state index contributed by atoms with van der Waals surface area (Å²) in [5, 5.41) is 2.01. The maximum atomic E-state index is 2.39. The summed E-state index contributed by atoms with van der Waals surface area (Å²) < 4.78 is 2.73. The standard InChI is InChI=1S/C11H16NS2/c1-11(2,3)14-10-8-13-9-6-4-5-7-12(9)10/h4-7,10H,8H2,1-3H3/q+1. The summed E-state index contributed by atoms with van der Waals surface area (Å²) in [7, 11) is 0. The number of hydrogen-bond donors (Lipinski definition) is 0. The average Bonchev–Trinajstić information content (AvgIpc) is 2.47. The van der Waals surface area contributed by atoms with Crippen LogP contribution in [0.2, 0.25) is 0 Å². The number of rotatable bonds is 1. The van der Waals surface area contributed by atoms with Crippen molar-refractivity contribution in [2.24, 2.45) is 0 Å². The van der Waals surface area contributed by atoms with Gasteiger partial charge in [0.15, 0.2) is 6.20 Å². The van der Waals surface area contributed by atoms with Crippen LogP contribution in [0.15, 0.2) is 29.4 Å². The van der Waals surface area contributed by atoms with Crippen LogP contribution in [-0.2, 0) is 0 Å². The van der Waals surface area contributed by atoms with E-state index in [-0.39, 0.29) is 0 Å². The first-order valence-electron chi connectivity index (χ1n) is 4.87. The van der Waals surface area contributed by atoms with E-state index in [1.54, 1.807) is 0 Å². The largest absolute Gasteiger partial charge is 0.241 e. The maximum Gasteiger partial charge on any atom is 0.241 e. The minimum Gasteiger partial charge on any atom is -0.180 e. The normalized spacial score (nSPS) is 20.9. The van der Waals surface area contributed by atoms with E-state index in [0.29, 0.717) is 10.1 Å². The van der Waals surface area contributed by atoms with Crippen molar-refractivity contribution in [1.82, 2.24) is 0 Å². The third kappa shape index (κ3) is 2.26. The molecule has 0 radical (unpaired) electrons. The van der Waals surface area contributed by atoms with E-state index < -0.39 is 0 Å². The molecule has 0 saturated carbocycles. The average molecular weight is 226 g/mol. The summed E-state index contributed by atoms with van der Waals surface area (Å²) in [6.45, 7) is 6.84. The molecule has 76 valence electrons. The zero-order valence-electron chi connectivity index (χ0n) is 8.86. The number of hydrogen-bond acceptors (Lipinski definition) is 2. The summed E-state index contributed by atoms with van der Waals surface area (Å²) in [6, 6.07) is 6.43. The quantitative estimate of drug-likeness (QED) is 0.677. The Bertz CT molecular complexity index is 330. The fourth-order valence-electron chi connectivity index (χ4n) is 1.54. The predicted octanol–water partition coefficient (Wildman–Crippen LogP) is 3.11. The molecule has 0 saturated heterocycles. The Morgan fingerprint density at radius 1 is 1.43 bits per heavy atom. The van der Waals surface area contributed by atoms with Gasteiger partial charge in [-0.25, -0.2) is 0 Å². The van der Waals surface area contributed by atoms with Crippen LogP contribution in [0.25, 0.3) is 0 Å². The molecular weight excluding hydrogens is 210 g/mol. The van der Waals surface area contributed by atoms with Gasteiger partial charge in [-0.1, -0.05) is 32.5 Å². The molecule has 1 nitrogen and oxygen atoms in total. The van der Waals surface area contributed by atoms with Crippen LogP contribution in [0, 0.1) is 0 Å². The number of aromatic nitrogens is 1. The fraction of sp³-hybridized carbons (Fsp3) is 0.545. The Balaban J connectivity index is 2.18. The molecule has 1 aliphatic heterocycles. The van der Waals surface area contributed by atoms with E-state index in [1.165, 1.54) is 10.8 Å². The van der Waals surface area contributed by atoms with E-state index in [0.717, 1.165) is 0 Å². The van der Waals surface area contributed by atoms with Crippen molar-refractivity contribution in [3.8, 4) is 0 Å². The minimum absolute atomic E-state index is 0.343. The molecule has 0 amide bonds. The fourth-order valence-corrected chi connectivity index (χ4v) is 4.18. The summed E-state index contributed by atoms with van der Waals surface area (Å²) in [5.74, 6) is 1.20. The summed E-state index contributed by atoms with van der Waals surface area (Å²) in [4.78, 5) is 0. The van der Waals surface area contributed by atoms with Crippen molar-refractivity contribution < 1.29 is 4.57 Å². The van der Waals surface area contributed by atoms with Crippen LogP contribution >= 0.6 is 23.5 Å². The minimum atomic E-state index is 0.343. The molecule has 2 heterocycles. The van der Waals surface area contributed by atoms with Gasteiger partial charge < -0.3 is 0 Å². The van der Waals surface area contributed by atoms with E-state index >= 15 is 0 Å². The highest BCUT2D eigenvalue weighted by Gasteiger charge is 2.34. The van der Waals surface area contributed by atoms with Gasteiger partial charge in [-0.05, 0) is 17.8 Å². The third-order valence-electron chi connectivity index (χ3n) is 2.02. The number of nitrogens with zero attached hydrogens (tertiary/aromatic N) is 1.